The molecule has 3 heterocycles. The molecule has 2 aromatic heterocycles. The van der Waals surface area contributed by atoms with Crippen LogP contribution in [0.1, 0.15) is 29.9 Å². The molecule has 24 heavy (non-hydrogen) atoms. The molecule has 126 valence electrons. The van der Waals surface area contributed by atoms with Gasteiger partial charge in [0.25, 0.3) is 5.91 Å². The third-order valence-corrected chi connectivity index (χ3v) is 4.11. The van der Waals surface area contributed by atoms with Gasteiger partial charge < -0.3 is 14.8 Å². The lowest BCUT2D eigenvalue weighted by molar-refractivity contribution is -0.126. The molecule has 6 nitrogen and oxygen atoms in total. The predicted octanol–water partition coefficient (Wildman–Crippen LogP) is 1.68. The monoisotopic (exact) mass is 326 g/mol. The van der Waals surface area contributed by atoms with E-state index in [1.165, 1.54) is 0 Å². The Kier molecular flexibility index (Phi) is 4.64. The Labute approximate surface area is 141 Å². The number of nitrogens with one attached hydrogen (secondary N) is 1. The van der Waals surface area contributed by atoms with Gasteiger partial charge in [-0.1, -0.05) is 19.9 Å². The fraction of sp³-hybridized carbons (Fsp3) is 0.389. The van der Waals surface area contributed by atoms with Gasteiger partial charge in [0.1, 0.15) is 11.7 Å². The fourth-order valence-corrected chi connectivity index (χ4v) is 2.98. The van der Waals surface area contributed by atoms with E-state index in [9.17, 15) is 9.59 Å². The quantitative estimate of drug-likeness (QED) is 0.909. The van der Waals surface area contributed by atoms with Crippen LogP contribution in [0.2, 0.25) is 0 Å². The number of aromatic nitrogens is 2. The van der Waals surface area contributed by atoms with Gasteiger partial charge in [-0.05, 0) is 29.7 Å². The maximum Gasteiger partial charge on any atom is 0.271 e. The summed E-state index contributed by atoms with van der Waals surface area (Å²) in [6, 6.07) is 6.91. The maximum absolute atomic E-state index is 12.7. The van der Waals surface area contributed by atoms with Crippen LogP contribution in [0, 0.1) is 5.92 Å². The van der Waals surface area contributed by atoms with Crippen molar-refractivity contribution in [3.63, 3.8) is 0 Å². The molecule has 1 atom stereocenters. The summed E-state index contributed by atoms with van der Waals surface area (Å²) in [6.07, 6.45) is 5.27. The number of carbonyl (C=O) groups is 2. The van der Waals surface area contributed by atoms with Crippen LogP contribution in [0.3, 0.4) is 0 Å². The van der Waals surface area contributed by atoms with E-state index in [0.29, 0.717) is 31.2 Å². The van der Waals surface area contributed by atoms with Gasteiger partial charge in [0.2, 0.25) is 5.91 Å². The summed E-state index contributed by atoms with van der Waals surface area (Å²) in [4.78, 5) is 31.2. The summed E-state index contributed by atoms with van der Waals surface area (Å²) in [5.41, 5.74) is 1.58. The van der Waals surface area contributed by atoms with Gasteiger partial charge >= 0.3 is 0 Å². The third kappa shape index (κ3) is 3.32. The molecule has 1 N–H and O–H groups in total. The zero-order valence-corrected chi connectivity index (χ0v) is 14.0. The lowest BCUT2D eigenvalue weighted by atomic mass is 10.1. The Morgan fingerprint density at radius 2 is 2.21 bits per heavy atom. The number of nitrogens with zero attached hydrogens (tertiary/aromatic N) is 3. The minimum atomic E-state index is -0.489. The molecule has 6 heteroatoms. The predicted molar refractivity (Wildman–Crippen MR) is 90.2 cm³/mol. The lowest BCUT2D eigenvalue weighted by Gasteiger charge is -2.36. The summed E-state index contributed by atoms with van der Waals surface area (Å²) in [5.74, 6) is 0.0813. The summed E-state index contributed by atoms with van der Waals surface area (Å²) in [6.45, 7) is 5.55. The highest BCUT2D eigenvalue weighted by Crippen LogP contribution is 2.20. The molecule has 0 aliphatic carbocycles. The summed E-state index contributed by atoms with van der Waals surface area (Å²) >= 11 is 0. The zero-order chi connectivity index (χ0) is 17.1. The smallest absolute Gasteiger partial charge is 0.271 e. The topological polar surface area (TPSA) is 67.2 Å². The van der Waals surface area contributed by atoms with Crippen LogP contribution in [-0.4, -0.2) is 38.9 Å². The Morgan fingerprint density at radius 3 is 2.92 bits per heavy atom. The molecule has 0 spiro atoms. The summed E-state index contributed by atoms with van der Waals surface area (Å²) < 4.78 is 1.85. The molecule has 0 aromatic carbocycles. The molecule has 1 aliphatic heterocycles. The van der Waals surface area contributed by atoms with Gasteiger partial charge in [0.05, 0.1) is 6.54 Å². The van der Waals surface area contributed by atoms with Gasteiger partial charge in [-0.25, -0.2) is 0 Å². The van der Waals surface area contributed by atoms with Crippen molar-refractivity contribution < 1.29 is 9.59 Å². The van der Waals surface area contributed by atoms with Crippen LogP contribution < -0.4 is 5.32 Å². The molecule has 0 saturated heterocycles. The first-order valence-electron chi connectivity index (χ1n) is 8.19. The van der Waals surface area contributed by atoms with Crippen molar-refractivity contribution in [1.29, 1.82) is 0 Å². The number of hydrogen-bond donors (Lipinski definition) is 1. The highest BCUT2D eigenvalue weighted by Gasteiger charge is 2.36. The van der Waals surface area contributed by atoms with Crippen molar-refractivity contribution >= 4 is 11.8 Å². The van der Waals surface area contributed by atoms with Gasteiger partial charge in [0, 0.05) is 31.7 Å². The van der Waals surface area contributed by atoms with Crippen molar-refractivity contribution in [2.24, 2.45) is 5.92 Å². The average Bonchev–Trinajstić information content (AvgIpc) is 3.04. The lowest BCUT2D eigenvalue weighted by Crippen LogP contribution is -2.55. The van der Waals surface area contributed by atoms with E-state index in [1.807, 2.05) is 42.8 Å². The minimum absolute atomic E-state index is 0.0820. The van der Waals surface area contributed by atoms with E-state index in [1.54, 1.807) is 23.4 Å². The van der Waals surface area contributed by atoms with Crippen molar-refractivity contribution in [2.75, 3.05) is 6.54 Å². The van der Waals surface area contributed by atoms with Crippen LogP contribution in [0.25, 0.3) is 0 Å². The van der Waals surface area contributed by atoms with Crippen LogP contribution in [0.15, 0.2) is 42.9 Å². The first kappa shape index (κ1) is 16.2. The molecule has 0 saturated carbocycles. The highest BCUT2D eigenvalue weighted by atomic mass is 16.2. The van der Waals surface area contributed by atoms with Crippen LogP contribution >= 0.6 is 0 Å². The van der Waals surface area contributed by atoms with Crippen LogP contribution in [0.5, 0.6) is 0 Å². The van der Waals surface area contributed by atoms with Gasteiger partial charge in [0.15, 0.2) is 0 Å². The number of hydrogen-bond acceptors (Lipinski definition) is 3. The average molecular weight is 326 g/mol. The van der Waals surface area contributed by atoms with E-state index in [0.717, 1.165) is 5.56 Å². The molecule has 2 aromatic rings. The van der Waals surface area contributed by atoms with Gasteiger partial charge in [-0.15, -0.1) is 0 Å². The fourth-order valence-electron chi connectivity index (χ4n) is 2.98. The molecule has 0 fully saturated rings. The maximum atomic E-state index is 12.7. The second kappa shape index (κ2) is 6.86. The molecule has 1 unspecified atom stereocenters. The zero-order valence-electron chi connectivity index (χ0n) is 14.0. The number of pyridine rings is 1. The minimum Gasteiger partial charge on any atom is -0.350 e. The SMILES string of the molecule is CC(C)CN1C(=O)c2cccn2CC1C(=O)NCc1cccnc1. The molecule has 2 amide bonds. The van der Waals surface area contributed by atoms with E-state index in [4.69, 9.17) is 0 Å². The highest BCUT2D eigenvalue weighted by molar-refractivity contribution is 5.97. The number of amides is 2. The Morgan fingerprint density at radius 1 is 1.38 bits per heavy atom. The second-order valence-electron chi connectivity index (χ2n) is 6.49. The standard InChI is InChI=1S/C18H22N4O2/c1-13(2)11-22-16(12-21-8-4-6-15(21)18(22)24)17(23)20-10-14-5-3-7-19-9-14/h3-9,13,16H,10-12H2,1-2H3,(H,20,23). The Bertz CT molecular complexity index is 724. The van der Waals surface area contributed by atoms with Crippen molar-refractivity contribution in [3.8, 4) is 0 Å². The van der Waals surface area contributed by atoms with E-state index in [2.05, 4.69) is 10.3 Å². The summed E-state index contributed by atoms with van der Waals surface area (Å²) in [7, 11) is 0. The van der Waals surface area contributed by atoms with E-state index in [-0.39, 0.29) is 11.8 Å². The first-order chi connectivity index (χ1) is 11.6. The Balaban J connectivity index is 1.76. The molecule has 1 aliphatic rings. The number of rotatable bonds is 5. The molecular weight excluding hydrogens is 304 g/mol. The molecule has 0 radical (unpaired) electrons. The van der Waals surface area contributed by atoms with Crippen molar-refractivity contribution in [3.05, 3.63) is 54.1 Å². The van der Waals surface area contributed by atoms with Crippen molar-refractivity contribution in [2.45, 2.75) is 33.0 Å². The normalized spacial score (nSPS) is 17.0. The number of carbonyl (C=O) groups excluding carboxylic acids is 2. The first-order valence-corrected chi connectivity index (χ1v) is 8.19. The van der Waals surface area contributed by atoms with Gasteiger partial charge in [-0.3, -0.25) is 14.6 Å². The van der Waals surface area contributed by atoms with E-state index < -0.39 is 6.04 Å². The largest absolute Gasteiger partial charge is 0.350 e. The van der Waals surface area contributed by atoms with Crippen LogP contribution in [0.4, 0.5) is 0 Å². The molecule has 0 bridgehead atoms. The Hall–Kier alpha value is -2.63. The number of fused-ring (bicyclic) bond motifs is 1. The summed E-state index contributed by atoms with van der Waals surface area (Å²) in [5, 5.41) is 2.93. The van der Waals surface area contributed by atoms with E-state index >= 15 is 0 Å². The second-order valence-corrected chi connectivity index (χ2v) is 6.49. The third-order valence-electron chi connectivity index (χ3n) is 4.11. The van der Waals surface area contributed by atoms with Gasteiger partial charge in [-0.2, -0.15) is 0 Å². The molecule has 3 rings (SSSR count). The van der Waals surface area contributed by atoms with Crippen molar-refractivity contribution in [1.82, 2.24) is 19.8 Å². The molecular formula is C18H22N4O2. The van der Waals surface area contributed by atoms with Crippen LogP contribution in [-0.2, 0) is 17.9 Å².